The molecular formula is C15H20ClFN2O. The van der Waals surface area contributed by atoms with Gasteiger partial charge in [0.1, 0.15) is 5.82 Å². The van der Waals surface area contributed by atoms with Gasteiger partial charge in [0.15, 0.2) is 0 Å². The Hall–Kier alpha value is -1.13. The van der Waals surface area contributed by atoms with Crippen LogP contribution in [-0.4, -0.2) is 36.0 Å². The van der Waals surface area contributed by atoms with Gasteiger partial charge in [-0.3, -0.25) is 4.79 Å². The number of carbonyl (C=O) groups excluding carboxylic acids is 1. The van der Waals surface area contributed by atoms with Gasteiger partial charge >= 0.3 is 0 Å². The lowest BCUT2D eigenvalue weighted by Gasteiger charge is -2.35. The van der Waals surface area contributed by atoms with Crippen LogP contribution in [0.15, 0.2) is 24.3 Å². The van der Waals surface area contributed by atoms with Gasteiger partial charge in [0.2, 0.25) is 0 Å². The van der Waals surface area contributed by atoms with Gasteiger partial charge < -0.3 is 10.2 Å². The largest absolute Gasteiger partial charge is 0.339 e. The van der Waals surface area contributed by atoms with Crippen LogP contribution < -0.4 is 5.32 Å². The molecule has 2 atom stereocenters. The molecule has 0 saturated carbocycles. The third-order valence-electron chi connectivity index (χ3n) is 4.39. The number of rotatable bonds is 2. The SMILES string of the molecule is CN(C(=O)c1cccc(F)c1)C1CC2CCC(C1)N2.Cl. The molecule has 2 aliphatic rings. The summed E-state index contributed by atoms with van der Waals surface area (Å²) in [4.78, 5) is 14.2. The Labute approximate surface area is 124 Å². The second kappa shape index (κ2) is 6.10. The summed E-state index contributed by atoms with van der Waals surface area (Å²) in [6.07, 6.45) is 4.44. The van der Waals surface area contributed by atoms with Gasteiger partial charge in [0.05, 0.1) is 0 Å². The molecule has 0 spiro atoms. The fraction of sp³-hybridized carbons (Fsp3) is 0.533. The fourth-order valence-electron chi connectivity index (χ4n) is 3.33. The van der Waals surface area contributed by atoms with E-state index in [0.29, 0.717) is 17.6 Å². The summed E-state index contributed by atoms with van der Waals surface area (Å²) in [5.74, 6) is -0.435. The first kappa shape index (κ1) is 15.3. The zero-order valence-electron chi connectivity index (χ0n) is 11.5. The van der Waals surface area contributed by atoms with Crippen molar-refractivity contribution in [2.75, 3.05) is 7.05 Å². The molecule has 0 aromatic heterocycles. The number of hydrogen-bond acceptors (Lipinski definition) is 2. The summed E-state index contributed by atoms with van der Waals surface area (Å²) in [7, 11) is 1.84. The highest BCUT2D eigenvalue weighted by atomic mass is 35.5. The number of carbonyl (C=O) groups is 1. The molecule has 2 aliphatic heterocycles. The molecule has 110 valence electrons. The summed E-state index contributed by atoms with van der Waals surface area (Å²) in [5, 5.41) is 3.56. The van der Waals surface area contributed by atoms with Gasteiger partial charge in [0.25, 0.3) is 5.91 Å². The van der Waals surface area contributed by atoms with Crippen LogP contribution >= 0.6 is 12.4 Å². The summed E-state index contributed by atoms with van der Waals surface area (Å²) < 4.78 is 13.2. The van der Waals surface area contributed by atoms with Crippen molar-refractivity contribution in [2.24, 2.45) is 0 Å². The summed E-state index contributed by atoms with van der Waals surface area (Å²) in [6.45, 7) is 0. The van der Waals surface area contributed by atoms with Gasteiger partial charge in [0, 0.05) is 30.7 Å². The smallest absolute Gasteiger partial charge is 0.253 e. The van der Waals surface area contributed by atoms with Crippen molar-refractivity contribution in [3.05, 3.63) is 35.6 Å². The molecule has 1 aromatic carbocycles. The van der Waals surface area contributed by atoms with Crippen LogP contribution in [0.5, 0.6) is 0 Å². The molecule has 3 nitrogen and oxygen atoms in total. The molecule has 2 bridgehead atoms. The molecule has 20 heavy (non-hydrogen) atoms. The van der Waals surface area contributed by atoms with E-state index in [4.69, 9.17) is 0 Å². The van der Waals surface area contributed by atoms with E-state index >= 15 is 0 Å². The summed E-state index contributed by atoms with van der Waals surface area (Å²) in [6, 6.07) is 7.31. The van der Waals surface area contributed by atoms with Crippen LogP contribution in [-0.2, 0) is 0 Å². The molecule has 1 N–H and O–H groups in total. The van der Waals surface area contributed by atoms with Crippen molar-refractivity contribution in [2.45, 2.75) is 43.8 Å². The molecule has 2 fully saturated rings. The van der Waals surface area contributed by atoms with E-state index in [0.717, 1.165) is 12.8 Å². The standard InChI is InChI=1S/C15H19FN2O.ClH/c1-18(14-8-12-5-6-13(9-14)17-12)15(19)10-3-2-4-11(16)7-10;/h2-4,7,12-14,17H,5-6,8-9H2,1H3;1H. The van der Waals surface area contributed by atoms with Crippen LogP contribution in [0.4, 0.5) is 4.39 Å². The quantitative estimate of drug-likeness (QED) is 0.910. The molecule has 2 unspecified atom stereocenters. The topological polar surface area (TPSA) is 32.3 Å². The van der Waals surface area contributed by atoms with Crippen molar-refractivity contribution in [1.29, 1.82) is 0 Å². The van der Waals surface area contributed by atoms with E-state index < -0.39 is 0 Å². The average Bonchev–Trinajstić information content (AvgIpc) is 2.76. The average molecular weight is 299 g/mol. The minimum atomic E-state index is -0.357. The number of halogens is 2. The summed E-state index contributed by atoms with van der Waals surface area (Å²) in [5.41, 5.74) is 0.438. The van der Waals surface area contributed by atoms with Crippen molar-refractivity contribution in [1.82, 2.24) is 10.2 Å². The Morgan fingerprint density at radius 3 is 2.55 bits per heavy atom. The first-order valence-corrected chi connectivity index (χ1v) is 6.92. The van der Waals surface area contributed by atoms with Gasteiger partial charge in [-0.05, 0) is 43.9 Å². The normalized spacial score (nSPS) is 27.8. The lowest BCUT2D eigenvalue weighted by molar-refractivity contribution is 0.0681. The number of benzene rings is 1. The second-order valence-electron chi connectivity index (χ2n) is 5.69. The highest BCUT2D eigenvalue weighted by Gasteiger charge is 2.36. The molecule has 2 saturated heterocycles. The summed E-state index contributed by atoms with van der Waals surface area (Å²) >= 11 is 0. The van der Waals surface area contributed by atoms with Crippen molar-refractivity contribution in [3.8, 4) is 0 Å². The van der Waals surface area contributed by atoms with Crippen molar-refractivity contribution < 1.29 is 9.18 Å². The zero-order valence-corrected chi connectivity index (χ0v) is 12.3. The predicted octanol–water partition coefficient (Wildman–Crippen LogP) is 2.60. The molecule has 0 aliphatic carbocycles. The van der Waals surface area contributed by atoms with Gasteiger partial charge in [-0.2, -0.15) is 0 Å². The minimum Gasteiger partial charge on any atom is -0.339 e. The lowest BCUT2D eigenvalue weighted by atomic mass is 9.98. The number of nitrogens with zero attached hydrogens (tertiary/aromatic N) is 1. The molecule has 2 heterocycles. The number of nitrogens with one attached hydrogen (secondary N) is 1. The van der Waals surface area contributed by atoms with Gasteiger partial charge in [-0.1, -0.05) is 6.07 Å². The Kier molecular flexibility index (Phi) is 4.66. The molecule has 3 rings (SSSR count). The van der Waals surface area contributed by atoms with Crippen molar-refractivity contribution >= 4 is 18.3 Å². The monoisotopic (exact) mass is 298 g/mol. The van der Waals surface area contributed by atoms with Crippen LogP contribution in [0.1, 0.15) is 36.0 Å². The number of hydrogen-bond donors (Lipinski definition) is 1. The maximum Gasteiger partial charge on any atom is 0.253 e. The highest BCUT2D eigenvalue weighted by Crippen LogP contribution is 2.29. The fourth-order valence-corrected chi connectivity index (χ4v) is 3.33. The molecular weight excluding hydrogens is 279 g/mol. The third-order valence-corrected chi connectivity index (χ3v) is 4.39. The van der Waals surface area contributed by atoms with Gasteiger partial charge in [-0.15, -0.1) is 12.4 Å². The highest BCUT2D eigenvalue weighted by molar-refractivity contribution is 5.94. The molecule has 1 aromatic rings. The van der Waals surface area contributed by atoms with E-state index in [-0.39, 0.29) is 30.2 Å². The Balaban J connectivity index is 0.00000147. The van der Waals surface area contributed by atoms with Crippen molar-refractivity contribution in [3.63, 3.8) is 0 Å². The van der Waals surface area contributed by atoms with E-state index in [1.807, 2.05) is 7.05 Å². The molecule has 0 radical (unpaired) electrons. The van der Waals surface area contributed by atoms with Crippen LogP contribution in [0.3, 0.4) is 0 Å². The van der Waals surface area contributed by atoms with E-state index in [1.165, 1.54) is 25.0 Å². The Bertz CT molecular complexity index is 485. The number of piperidine rings is 1. The minimum absolute atomic E-state index is 0. The van der Waals surface area contributed by atoms with Crippen LogP contribution in [0.2, 0.25) is 0 Å². The molecule has 5 heteroatoms. The Morgan fingerprint density at radius 1 is 1.30 bits per heavy atom. The van der Waals surface area contributed by atoms with E-state index in [2.05, 4.69) is 5.32 Å². The Morgan fingerprint density at radius 2 is 1.95 bits per heavy atom. The molecule has 1 amide bonds. The van der Waals surface area contributed by atoms with E-state index in [1.54, 1.807) is 17.0 Å². The lowest BCUT2D eigenvalue weighted by Crippen LogP contribution is -2.48. The first-order chi connectivity index (χ1) is 9.13. The van der Waals surface area contributed by atoms with Crippen LogP contribution in [0.25, 0.3) is 0 Å². The maximum absolute atomic E-state index is 13.2. The maximum atomic E-state index is 13.2. The third kappa shape index (κ3) is 2.96. The number of amides is 1. The number of fused-ring (bicyclic) bond motifs is 2. The zero-order chi connectivity index (χ0) is 13.4. The van der Waals surface area contributed by atoms with E-state index in [9.17, 15) is 9.18 Å². The first-order valence-electron chi connectivity index (χ1n) is 6.92. The van der Waals surface area contributed by atoms with Gasteiger partial charge in [-0.25, -0.2) is 4.39 Å². The van der Waals surface area contributed by atoms with Crippen LogP contribution in [0, 0.1) is 5.82 Å². The predicted molar refractivity (Wildman–Crippen MR) is 78.7 cm³/mol. The second-order valence-corrected chi connectivity index (χ2v) is 5.69.